The fourth-order valence-electron chi connectivity index (χ4n) is 7.45. The van der Waals surface area contributed by atoms with E-state index in [1.807, 2.05) is 12.1 Å². The van der Waals surface area contributed by atoms with Crippen molar-refractivity contribution in [3.63, 3.8) is 0 Å². The molecule has 2 N–H and O–H groups in total. The van der Waals surface area contributed by atoms with Crippen LogP contribution < -0.4 is 15.1 Å². The molecule has 1 amide bonds. The highest BCUT2D eigenvalue weighted by molar-refractivity contribution is 7.90. The zero-order chi connectivity index (χ0) is 25.9. The number of rotatable bonds is 5. The molecule has 198 valence electrons. The average Bonchev–Trinajstić information content (AvgIpc) is 2.85. The van der Waals surface area contributed by atoms with E-state index < -0.39 is 15.4 Å². The second-order valence-corrected chi connectivity index (χ2v) is 13.7. The Balaban J connectivity index is 1.11. The molecule has 5 aliphatic rings. The van der Waals surface area contributed by atoms with Crippen LogP contribution >= 0.6 is 0 Å². The van der Waals surface area contributed by atoms with Gasteiger partial charge in [0.25, 0.3) is 5.91 Å². The van der Waals surface area contributed by atoms with Gasteiger partial charge in [0, 0.05) is 49.9 Å². The van der Waals surface area contributed by atoms with Crippen LogP contribution in [0.4, 0.5) is 11.6 Å². The summed E-state index contributed by atoms with van der Waals surface area (Å²) in [5.41, 5.74) is 0.838. The van der Waals surface area contributed by atoms with Gasteiger partial charge in [0.15, 0.2) is 9.84 Å². The first-order valence-electron chi connectivity index (χ1n) is 13.3. The Morgan fingerprint density at radius 2 is 1.78 bits per heavy atom. The van der Waals surface area contributed by atoms with E-state index in [-0.39, 0.29) is 18.0 Å². The minimum Gasteiger partial charge on any atom is -0.390 e. The standard InChI is InChI=1S/C27H35N5O4S/c1-17-16-31(21-3-5-22(6-4-21)37(2,35)36)9-10-32(17)26-28-8-7-23(29-26)25(33)30-24-19-11-18-12-20(24)15-27(34,13-18)14-19/h3-8,17-20,24,34H,9-16H2,1-2H3,(H,30,33)/t17-,18?,19?,20?,24?,27?/m1/s1. The summed E-state index contributed by atoms with van der Waals surface area (Å²) in [7, 11) is -3.22. The van der Waals surface area contributed by atoms with Gasteiger partial charge in [-0.05, 0) is 87.1 Å². The number of nitrogens with one attached hydrogen (secondary N) is 1. The Bertz CT molecular complexity index is 1280. The van der Waals surface area contributed by atoms with Gasteiger partial charge in [0.1, 0.15) is 5.69 Å². The van der Waals surface area contributed by atoms with Gasteiger partial charge in [-0.15, -0.1) is 0 Å². The molecule has 1 aromatic carbocycles. The van der Waals surface area contributed by atoms with Crippen LogP contribution in [0.5, 0.6) is 0 Å². The molecule has 2 heterocycles. The van der Waals surface area contributed by atoms with Gasteiger partial charge in [-0.1, -0.05) is 0 Å². The fourth-order valence-corrected chi connectivity index (χ4v) is 8.08. The van der Waals surface area contributed by atoms with E-state index in [1.54, 1.807) is 24.4 Å². The zero-order valence-corrected chi connectivity index (χ0v) is 22.2. The topological polar surface area (TPSA) is 116 Å². The molecule has 9 nitrogen and oxygen atoms in total. The monoisotopic (exact) mass is 525 g/mol. The average molecular weight is 526 g/mol. The molecule has 1 saturated heterocycles. The van der Waals surface area contributed by atoms with E-state index in [2.05, 4.69) is 32.0 Å². The molecule has 2 aromatic rings. The molecule has 5 fully saturated rings. The molecule has 4 bridgehead atoms. The number of sulfone groups is 1. The van der Waals surface area contributed by atoms with Gasteiger partial charge in [-0.2, -0.15) is 0 Å². The summed E-state index contributed by atoms with van der Waals surface area (Å²) >= 11 is 0. The second-order valence-electron chi connectivity index (χ2n) is 11.7. The smallest absolute Gasteiger partial charge is 0.270 e. The Morgan fingerprint density at radius 3 is 2.41 bits per heavy atom. The van der Waals surface area contributed by atoms with E-state index >= 15 is 0 Å². The van der Waals surface area contributed by atoms with Crippen LogP contribution in [0, 0.1) is 17.8 Å². The predicted molar refractivity (Wildman–Crippen MR) is 140 cm³/mol. The van der Waals surface area contributed by atoms with Gasteiger partial charge in [-0.25, -0.2) is 18.4 Å². The molecule has 10 heteroatoms. The maximum absolute atomic E-state index is 13.2. The van der Waals surface area contributed by atoms with Gasteiger partial charge in [-0.3, -0.25) is 4.79 Å². The Morgan fingerprint density at radius 1 is 1.08 bits per heavy atom. The number of amides is 1. The molecule has 4 saturated carbocycles. The van der Waals surface area contributed by atoms with Gasteiger partial charge in [0.05, 0.1) is 10.5 Å². The van der Waals surface area contributed by atoms with Crippen LogP contribution in [0.2, 0.25) is 0 Å². The van der Waals surface area contributed by atoms with E-state index in [4.69, 9.17) is 0 Å². The summed E-state index contributed by atoms with van der Waals surface area (Å²) in [6, 6.07) is 8.89. The molecule has 37 heavy (non-hydrogen) atoms. The molecule has 1 aromatic heterocycles. The summed E-state index contributed by atoms with van der Waals surface area (Å²) in [6.07, 6.45) is 7.56. The summed E-state index contributed by atoms with van der Waals surface area (Å²) in [5.74, 6) is 1.68. The number of piperazine rings is 1. The Kier molecular flexibility index (Phi) is 5.95. The molecule has 7 rings (SSSR count). The second kappa shape index (κ2) is 8.94. The van der Waals surface area contributed by atoms with Gasteiger partial charge >= 0.3 is 0 Å². The minimum absolute atomic E-state index is 0.104. The largest absolute Gasteiger partial charge is 0.390 e. The quantitative estimate of drug-likeness (QED) is 0.611. The van der Waals surface area contributed by atoms with Crippen molar-refractivity contribution in [3.05, 3.63) is 42.2 Å². The number of aromatic nitrogens is 2. The van der Waals surface area contributed by atoms with E-state index in [0.29, 0.717) is 40.8 Å². The van der Waals surface area contributed by atoms with Crippen LogP contribution in [0.3, 0.4) is 0 Å². The number of nitrogens with zero attached hydrogens (tertiary/aromatic N) is 4. The number of hydrogen-bond donors (Lipinski definition) is 2. The molecular formula is C27H35N5O4S. The van der Waals surface area contributed by atoms with Crippen LogP contribution in [-0.4, -0.2) is 73.0 Å². The van der Waals surface area contributed by atoms with Crippen molar-refractivity contribution in [2.24, 2.45) is 17.8 Å². The molecule has 4 aliphatic carbocycles. The Hall–Kier alpha value is -2.72. The van der Waals surface area contributed by atoms with Crippen LogP contribution in [0.15, 0.2) is 41.4 Å². The van der Waals surface area contributed by atoms with E-state index in [0.717, 1.165) is 50.9 Å². The maximum Gasteiger partial charge on any atom is 0.270 e. The first-order valence-corrected chi connectivity index (χ1v) is 15.2. The van der Waals surface area contributed by atoms with Crippen LogP contribution in [0.25, 0.3) is 0 Å². The lowest BCUT2D eigenvalue weighted by molar-refractivity contribution is -0.136. The number of anilines is 2. The van der Waals surface area contributed by atoms with Crippen molar-refractivity contribution in [3.8, 4) is 0 Å². The lowest BCUT2D eigenvalue weighted by Gasteiger charge is -2.58. The van der Waals surface area contributed by atoms with E-state index in [1.165, 1.54) is 6.26 Å². The molecule has 0 spiro atoms. The molecule has 0 radical (unpaired) electrons. The molecule has 1 aliphatic heterocycles. The number of hydrogen-bond acceptors (Lipinski definition) is 8. The predicted octanol–water partition coefficient (Wildman–Crippen LogP) is 2.26. The SMILES string of the molecule is C[C@@H]1CN(c2ccc(S(C)(=O)=O)cc2)CCN1c1nccc(C(=O)NC2C3CC4CC2CC(O)(C4)C3)n1. The molecule has 2 unspecified atom stereocenters. The van der Waals surface area contributed by atoms with Crippen LogP contribution in [-0.2, 0) is 9.84 Å². The fraction of sp³-hybridized carbons (Fsp3) is 0.593. The number of benzene rings is 1. The molecular weight excluding hydrogens is 490 g/mol. The minimum atomic E-state index is -3.22. The first-order chi connectivity index (χ1) is 17.6. The number of aliphatic hydroxyl groups is 1. The normalized spacial score (nSPS) is 33.0. The zero-order valence-electron chi connectivity index (χ0n) is 21.4. The number of carbonyl (C=O) groups excluding carboxylic acids is 1. The van der Waals surface area contributed by atoms with Crippen molar-refractivity contribution in [1.29, 1.82) is 0 Å². The highest BCUT2D eigenvalue weighted by Gasteiger charge is 2.55. The van der Waals surface area contributed by atoms with Crippen molar-refractivity contribution in [1.82, 2.24) is 15.3 Å². The van der Waals surface area contributed by atoms with Crippen molar-refractivity contribution in [2.45, 2.75) is 61.6 Å². The maximum atomic E-state index is 13.2. The molecule has 3 atom stereocenters. The van der Waals surface area contributed by atoms with Crippen molar-refractivity contribution < 1.29 is 18.3 Å². The van der Waals surface area contributed by atoms with Crippen molar-refractivity contribution in [2.75, 3.05) is 35.7 Å². The summed E-state index contributed by atoms with van der Waals surface area (Å²) in [4.78, 5) is 27.0. The summed E-state index contributed by atoms with van der Waals surface area (Å²) in [6.45, 7) is 4.25. The van der Waals surface area contributed by atoms with Crippen molar-refractivity contribution >= 4 is 27.4 Å². The first kappa shape index (κ1) is 24.6. The van der Waals surface area contributed by atoms with E-state index in [9.17, 15) is 18.3 Å². The summed E-state index contributed by atoms with van der Waals surface area (Å²) < 4.78 is 23.5. The third-order valence-electron chi connectivity index (χ3n) is 8.93. The van der Waals surface area contributed by atoms with Crippen LogP contribution in [0.1, 0.15) is 49.5 Å². The lowest BCUT2D eigenvalue weighted by Crippen LogP contribution is -2.61. The van der Waals surface area contributed by atoms with Gasteiger partial charge < -0.3 is 20.2 Å². The summed E-state index contributed by atoms with van der Waals surface area (Å²) in [5, 5.41) is 14.1. The third kappa shape index (κ3) is 4.69. The van der Waals surface area contributed by atoms with Gasteiger partial charge in [0.2, 0.25) is 5.95 Å². The Labute approximate surface area is 218 Å². The third-order valence-corrected chi connectivity index (χ3v) is 10.1. The lowest BCUT2D eigenvalue weighted by atomic mass is 9.52. The number of carbonyl (C=O) groups is 1. The highest BCUT2D eigenvalue weighted by atomic mass is 32.2. The highest BCUT2D eigenvalue weighted by Crippen LogP contribution is 2.55.